The topological polar surface area (TPSA) is 44.4 Å². The summed E-state index contributed by atoms with van der Waals surface area (Å²) >= 11 is 0. The Morgan fingerprint density at radius 2 is 1.73 bits per heavy atom. The lowest BCUT2D eigenvalue weighted by Gasteiger charge is -2.44. The van der Waals surface area contributed by atoms with Crippen molar-refractivity contribution in [2.75, 3.05) is 30.3 Å². The third-order valence-electron chi connectivity index (χ3n) is 5.24. The summed E-state index contributed by atoms with van der Waals surface area (Å²) in [5.41, 5.74) is 2.33. The summed E-state index contributed by atoms with van der Waals surface area (Å²) in [6.07, 6.45) is 5.65. The monoisotopic (exact) mass is 351 g/mol. The van der Waals surface area contributed by atoms with Crippen molar-refractivity contribution in [3.63, 3.8) is 0 Å². The minimum Gasteiger partial charge on any atom is -0.369 e. The van der Waals surface area contributed by atoms with E-state index >= 15 is 0 Å². The van der Waals surface area contributed by atoms with Gasteiger partial charge in [0.2, 0.25) is 5.91 Å². The fraction of sp³-hybridized carbons (Fsp3) is 0.286. The number of amides is 1. The first-order chi connectivity index (χ1) is 12.6. The molecule has 0 unspecified atom stereocenters. The molecule has 2 aliphatic heterocycles. The number of hydrogen-bond donors (Lipinski definition) is 2. The van der Waals surface area contributed by atoms with Crippen LogP contribution in [0.2, 0.25) is 0 Å². The van der Waals surface area contributed by atoms with Crippen molar-refractivity contribution >= 4 is 23.4 Å². The molecular formula is C21H22FN3O. The number of piperidine rings is 1. The lowest BCUT2D eigenvalue weighted by Crippen LogP contribution is -2.58. The van der Waals surface area contributed by atoms with Gasteiger partial charge in [0.25, 0.3) is 0 Å². The molecule has 2 heterocycles. The van der Waals surface area contributed by atoms with Crippen LogP contribution in [-0.2, 0) is 4.79 Å². The van der Waals surface area contributed by atoms with Gasteiger partial charge in [0, 0.05) is 19.6 Å². The van der Waals surface area contributed by atoms with Crippen molar-refractivity contribution in [2.24, 2.45) is 0 Å². The first-order valence-electron chi connectivity index (χ1n) is 8.98. The van der Waals surface area contributed by atoms with Crippen molar-refractivity contribution in [2.45, 2.75) is 18.4 Å². The summed E-state index contributed by atoms with van der Waals surface area (Å²) in [5.74, 6) is -0.152. The first-order valence-corrected chi connectivity index (χ1v) is 8.98. The van der Waals surface area contributed by atoms with Crippen LogP contribution in [0.4, 0.5) is 15.8 Å². The van der Waals surface area contributed by atoms with E-state index in [1.165, 1.54) is 12.1 Å². The fourth-order valence-electron chi connectivity index (χ4n) is 3.64. The van der Waals surface area contributed by atoms with Crippen LogP contribution in [0.1, 0.15) is 18.4 Å². The molecule has 0 aliphatic carbocycles. The molecule has 0 saturated carbocycles. The highest BCUT2D eigenvalue weighted by atomic mass is 19.1. The highest BCUT2D eigenvalue weighted by Gasteiger charge is 2.43. The van der Waals surface area contributed by atoms with Crippen LogP contribution < -0.4 is 10.6 Å². The molecule has 134 valence electrons. The van der Waals surface area contributed by atoms with Crippen LogP contribution in [0.5, 0.6) is 0 Å². The van der Waals surface area contributed by atoms with Crippen molar-refractivity contribution < 1.29 is 9.18 Å². The van der Waals surface area contributed by atoms with Crippen LogP contribution >= 0.6 is 0 Å². The number of likely N-dealkylation sites (tertiary alicyclic amines) is 1. The minimum absolute atomic E-state index is 0.0673. The largest absolute Gasteiger partial charge is 0.369 e. The van der Waals surface area contributed by atoms with Crippen LogP contribution in [0, 0.1) is 5.82 Å². The molecule has 2 N–H and O–H groups in total. The first kappa shape index (κ1) is 16.8. The van der Waals surface area contributed by atoms with Gasteiger partial charge in [-0.2, -0.15) is 0 Å². The summed E-state index contributed by atoms with van der Waals surface area (Å²) in [6, 6.07) is 14.3. The normalized spacial score (nSPS) is 19.2. The molecule has 1 saturated heterocycles. The zero-order valence-corrected chi connectivity index (χ0v) is 14.5. The number of anilines is 2. The molecule has 4 rings (SSSR count). The van der Waals surface area contributed by atoms with Gasteiger partial charge in [-0.15, -0.1) is 0 Å². The van der Waals surface area contributed by atoms with Crippen LogP contribution in [0.25, 0.3) is 6.08 Å². The number of hydrogen-bond acceptors (Lipinski definition) is 3. The smallest absolute Gasteiger partial charge is 0.250 e. The number of halogens is 1. The van der Waals surface area contributed by atoms with Crippen LogP contribution in [0.3, 0.4) is 0 Å². The predicted octanol–water partition coefficient (Wildman–Crippen LogP) is 3.74. The molecule has 2 aromatic carbocycles. The van der Waals surface area contributed by atoms with E-state index in [0.717, 1.165) is 49.4 Å². The van der Waals surface area contributed by atoms with Crippen LogP contribution in [0.15, 0.2) is 54.6 Å². The van der Waals surface area contributed by atoms with Crippen molar-refractivity contribution in [3.05, 3.63) is 66.0 Å². The summed E-state index contributed by atoms with van der Waals surface area (Å²) in [6.45, 7) is 2.54. The van der Waals surface area contributed by atoms with Crippen molar-refractivity contribution in [3.8, 4) is 0 Å². The molecule has 5 heteroatoms. The van der Waals surface area contributed by atoms with E-state index in [1.54, 1.807) is 12.1 Å². The van der Waals surface area contributed by atoms with E-state index < -0.39 is 5.54 Å². The number of fused-ring (bicyclic) bond motifs is 1. The molecule has 0 aromatic heterocycles. The Hall–Kier alpha value is -2.66. The maximum absolute atomic E-state index is 12.9. The number of rotatable bonds is 3. The third-order valence-corrected chi connectivity index (χ3v) is 5.24. The molecule has 1 amide bonds. The number of para-hydroxylation sites is 2. The van der Waals surface area contributed by atoms with Gasteiger partial charge in [-0.1, -0.05) is 36.4 Å². The Balaban J connectivity index is 1.35. The second-order valence-corrected chi connectivity index (χ2v) is 6.96. The molecule has 1 fully saturated rings. The van der Waals surface area contributed by atoms with Crippen molar-refractivity contribution in [1.82, 2.24) is 4.90 Å². The quantitative estimate of drug-likeness (QED) is 0.885. The van der Waals surface area contributed by atoms with Crippen LogP contribution in [-0.4, -0.2) is 36.0 Å². The summed E-state index contributed by atoms with van der Waals surface area (Å²) in [7, 11) is 0. The molecule has 0 radical (unpaired) electrons. The molecule has 0 atom stereocenters. The van der Waals surface area contributed by atoms with Gasteiger partial charge in [0.05, 0.1) is 11.4 Å². The fourth-order valence-corrected chi connectivity index (χ4v) is 3.64. The Bertz CT molecular complexity index is 823. The second kappa shape index (κ2) is 6.92. The van der Waals surface area contributed by atoms with Gasteiger partial charge in [0.1, 0.15) is 11.4 Å². The van der Waals surface area contributed by atoms with Gasteiger partial charge < -0.3 is 10.6 Å². The van der Waals surface area contributed by atoms with Gasteiger partial charge >= 0.3 is 0 Å². The molecule has 4 nitrogen and oxygen atoms in total. The SMILES string of the molecule is O=C1Nc2ccccc2NC12CCN(CC=Cc1ccc(F)cc1)CC2. The summed E-state index contributed by atoms with van der Waals surface area (Å²) in [4.78, 5) is 15.0. The van der Waals surface area contributed by atoms with Gasteiger partial charge in [-0.25, -0.2) is 4.39 Å². The maximum atomic E-state index is 12.9. The Kier molecular flexibility index (Phi) is 4.47. The van der Waals surface area contributed by atoms with E-state index in [4.69, 9.17) is 0 Å². The molecule has 1 spiro atoms. The zero-order chi connectivity index (χ0) is 18.0. The van der Waals surface area contributed by atoms with Crippen molar-refractivity contribution in [1.29, 1.82) is 0 Å². The minimum atomic E-state index is -0.508. The lowest BCUT2D eigenvalue weighted by atomic mass is 9.84. The Morgan fingerprint density at radius 1 is 1.04 bits per heavy atom. The number of nitrogens with zero attached hydrogens (tertiary/aromatic N) is 1. The average Bonchev–Trinajstić information content (AvgIpc) is 2.66. The number of nitrogens with one attached hydrogen (secondary N) is 2. The van der Waals surface area contributed by atoms with Gasteiger partial charge in [-0.05, 0) is 42.7 Å². The highest BCUT2D eigenvalue weighted by molar-refractivity contribution is 6.06. The number of carbonyl (C=O) groups is 1. The average molecular weight is 351 g/mol. The second-order valence-electron chi connectivity index (χ2n) is 6.96. The van der Waals surface area contributed by atoms with Gasteiger partial charge in [0.15, 0.2) is 0 Å². The molecule has 0 bridgehead atoms. The number of benzene rings is 2. The summed E-state index contributed by atoms with van der Waals surface area (Å²) < 4.78 is 12.9. The van der Waals surface area contributed by atoms with Gasteiger partial charge in [-0.3, -0.25) is 9.69 Å². The maximum Gasteiger partial charge on any atom is 0.250 e. The number of carbonyl (C=O) groups excluding carboxylic acids is 1. The molecule has 26 heavy (non-hydrogen) atoms. The zero-order valence-electron chi connectivity index (χ0n) is 14.5. The lowest BCUT2D eigenvalue weighted by molar-refractivity contribution is -0.122. The molecule has 2 aromatic rings. The molecular weight excluding hydrogens is 329 g/mol. The van der Waals surface area contributed by atoms with E-state index in [0.29, 0.717) is 0 Å². The highest BCUT2D eigenvalue weighted by Crippen LogP contribution is 2.36. The Labute approximate surface area is 152 Å². The standard InChI is InChI=1S/C21H22FN3O/c22-17-9-7-16(8-10-17)4-3-13-25-14-11-21(12-15-25)20(26)23-18-5-1-2-6-19(18)24-21/h1-10,24H,11-15H2,(H,23,26). The van der Waals surface area contributed by atoms with E-state index in [-0.39, 0.29) is 11.7 Å². The Morgan fingerprint density at radius 3 is 2.46 bits per heavy atom. The predicted molar refractivity (Wildman–Crippen MR) is 103 cm³/mol. The molecule has 2 aliphatic rings. The van der Waals surface area contributed by atoms with E-state index in [2.05, 4.69) is 21.6 Å². The third kappa shape index (κ3) is 3.35. The summed E-state index contributed by atoms with van der Waals surface area (Å²) in [5, 5.41) is 6.52. The van der Waals surface area contributed by atoms with E-state index in [9.17, 15) is 9.18 Å². The van der Waals surface area contributed by atoms with E-state index in [1.807, 2.05) is 30.3 Å².